The van der Waals surface area contributed by atoms with Gasteiger partial charge < -0.3 is 14.0 Å². The molecule has 6 aromatic carbocycles. The number of aromatic nitrogens is 3. The van der Waals surface area contributed by atoms with Crippen molar-refractivity contribution in [2.45, 2.75) is 53.2 Å². The van der Waals surface area contributed by atoms with Crippen molar-refractivity contribution >= 4 is 33.0 Å². The summed E-state index contributed by atoms with van der Waals surface area (Å²) in [7, 11) is 0. The minimum absolute atomic E-state index is 0. The molecular formula is C50H43IrN3O-2. The first-order valence-electron chi connectivity index (χ1n) is 21.2. The molecule has 0 spiro atoms. The topological polar surface area (TPSA) is 43.9 Å². The molecule has 0 amide bonds. The first-order chi connectivity index (χ1) is 28.7. The summed E-state index contributed by atoms with van der Waals surface area (Å²) in [5.74, 6) is 1.48. The van der Waals surface area contributed by atoms with Crippen LogP contribution in [-0.2, 0) is 20.1 Å². The Kier molecular flexibility index (Phi) is 8.93. The van der Waals surface area contributed by atoms with Crippen molar-refractivity contribution in [3.8, 4) is 39.5 Å². The second-order valence-electron chi connectivity index (χ2n) is 14.0. The van der Waals surface area contributed by atoms with Gasteiger partial charge in [-0.2, -0.15) is 0 Å². The van der Waals surface area contributed by atoms with Gasteiger partial charge in [-0.15, -0.1) is 65.2 Å². The molecule has 0 unspecified atom stereocenters. The van der Waals surface area contributed by atoms with Crippen LogP contribution in [0.15, 0.2) is 144 Å². The summed E-state index contributed by atoms with van der Waals surface area (Å²) in [4.78, 5) is 9.29. The molecule has 1 radical (unpaired) electrons. The third-order valence-corrected chi connectivity index (χ3v) is 9.72. The van der Waals surface area contributed by atoms with Gasteiger partial charge in [0.05, 0.1) is 16.9 Å². The first-order valence-corrected chi connectivity index (χ1v) is 18.2. The van der Waals surface area contributed by atoms with Crippen LogP contribution >= 0.6 is 0 Å². The van der Waals surface area contributed by atoms with Crippen molar-refractivity contribution < 1.29 is 32.7 Å². The van der Waals surface area contributed by atoms with E-state index in [1.54, 1.807) is 12.1 Å². The minimum atomic E-state index is -2.27. The zero-order valence-corrected chi connectivity index (χ0v) is 33.4. The summed E-state index contributed by atoms with van der Waals surface area (Å²) in [6.07, 6.45) is 1.32. The minimum Gasteiger partial charge on any atom is -0.456 e. The van der Waals surface area contributed by atoms with E-state index >= 15 is 0 Å². The van der Waals surface area contributed by atoms with Gasteiger partial charge in [-0.05, 0) is 65.3 Å². The summed E-state index contributed by atoms with van der Waals surface area (Å²) in [5.41, 5.74) is 11.5. The molecule has 3 aromatic heterocycles. The van der Waals surface area contributed by atoms with E-state index in [9.17, 15) is 0 Å². The standard InChI is InChI=1S/C31H27N2O.C19H16N.Ir/c1-19(2)23-18-24-22-14-8-11-17-27(22)34-30(24)28(20(3)4)29(23)33-26-16-10-9-15-25(26)32-31(33)21-12-6-5-7-13-21;1-14-8-11-19(20-13-14)17-10-9-15(2)18(12-17)16-6-4-3-5-7-16;/h5-12,14-20H,1-4H3;3-9,11-13H,1-2H3;/q2*-1;/i;1D3,2D3;. The number of hydrogen-bond donors (Lipinski definition) is 0. The number of aryl methyl sites for hydroxylation is 2. The zero-order chi connectivity index (χ0) is 42.3. The Balaban J connectivity index is 0.000000188. The van der Waals surface area contributed by atoms with Gasteiger partial charge in [0.1, 0.15) is 11.2 Å². The SMILES string of the molecule is CC(C)c1cc2c(oc3ccccc32)c(C(C)C)c1-n1c(-c2[c-]cccc2)nc2ccccc21.[2H]C([2H])([2H])c1ccc(-c2[c-]cc(C([2H])([2H])[2H])c(-c3ccccc3)c2)nc1.[Ir]. The largest absolute Gasteiger partial charge is 0.456 e. The molecule has 9 aromatic rings. The van der Waals surface area contributed by atoms with Gasteiger partial charge in [0.25, 0.3) is 0 Å². The number of pyridine rings is 1. The average molecular weight is 900 g/mol. The van der Waals surface area contributed by atoms with Crippen LogP contribution in [0, 0.1) is 25.8 Å². The number of benzene rings is 6. The van der Waals surface area contributed by atoms with E-state index in [-0.39, 0.29) is 37.2 Å². The van der Waals surface area contributed by atoms with Crippen LogP contribution in [0.4, 0.5) is 0 Å². The zero-order valence-electron chi connectivity index (χ0n) is 37.0. The molecule has 5 heteroatoms. The Morgan fingerprint density at radius 2 is 1.51 bits per heavy atom. The molecule has 4 nitrogen and oxygen atoms in total. The number of imidazole rings is 1. The second-order valence-corrected chi connectivity index (χ2v) is 14.0. The molecule has 0 bridgehead atoms. The maximum absolute atomic E-state index is 7.77. The normalized spacial score (nSPS) is 13.3. The van der Waals surface area contributed by atoms with Gasteiger partial charge in [-0.3, -0.25) is 4.98 Å². The Morgan fingerprint density at radius 3 is 2.24 bits per heavy atom. The van der Waals surface area contributed by atoms with Gasteiger partial charge in [0.15, 0.2) is 0 Å². The van der Waals surface area contributed by atoms with Gasteiger partial charge in [-0.25, -0.2) is 0 Å². The van der Waals surface area contributed by atoms with Crippen molar-refractivity contribution in [2.75, 3.05) is 0 Å². The van der Waals surface area contributed by atoms with E-state index < -0.39 is 13.7 Å². The number of rotatable bonds is 6. The van der Waals surface area contributed by atoms with Crippen molar-refractivity contribution in [3.63, 3.8) is 0 Å². The fourth-order valence-electron chi connectivity index (χ4n) is 7.14. The number of fused-ring (bicyclic) bond motifs is 4. The fraction of sp³-hybridized carbons (Fsp3) is 0.160. The van der Waals surface area contributed by atoms with E-state index in [0.717, 1.165) is 39.2 Å². The van der Waals surface area contributed by atoms with Gasteiger partial charge in [0, 0.05) is 56.6 Å². The molecule has 0 aliphatic carbocycles. The fourth-order valence-corrected chi connectivity index (χ4v) is 7.14. The molecule has 0 N–H and O–H groups in total. The van der Waals surface area contributed by atoms with Crippen molar-refractivity contribution in [2.24, 2.45) is 0 Å². The van der Waals surface area contributed by atoms with E-state index in [1.165, 1.54) is 45.9 Å². The summed E-state index contributed by atoms with van der Waals surface area (Å²) in [5, 5.41) is 2.35. The average Bonchev–Trinajstić information content (AvgIpc) is 3.81. The molecular weight excluding hydrogens is 851 g/mol. The molecule has 0 atom stereocenters. The van der Waals surface area contributed by atoms with Crippen LogP contribution in [-0.4, -0.2) is 14.5 Å². The Labute approximate surface area is 345 Å². The van der Waals surface area contributed by atoms with Gasteiger partial charge in [0.2, 0.25) is 0 Å². The van der Waals surface area contributed by atoms with Crippen LogP contribution in [0.5, 0.6) is 0 Å². The van der Waals surface area contributed by atoms with Crippen LogP contribution in [0.2, 0.25) is 0 Å². The third kappa shape index (κ3) is 7.31. The van der Waals surface area contributed by atoms with Gasteiger partial charge >= 0.3 is 0 Å². The van der Waals surface area contributed by atoms with Gasteiger partial charge in [-0.1, -0.05) is 113 Å². The molecule has 0 aliphatic heterocycles. The summed E-state index contributed by atoms with van der Waals surface area (Å²) >= 11 is 0. The molecule has 9 rings (SSSR count). The number of para-hydroxylation sites is 3. The van der Waals surface area contributed by atoms with E-state index in [1.807, 2.05) is 60.7 Å². The number of nitrogens with zero attached hydrogens (tertiary/aromatic N) is 3. The summed E-state index contributed by atoms with van der Waals surface area (Å²) in [6.45, 7) is 4.56. The second kappa shape index (κ2) is 16.0. The van der Waals surface area contributed by atoms with Crippen LogP contribution in [0.25, 0.3) is 72.4 Å². The van der Waals surface area contributed by atoms with E-state index in [0.29, 0.717) is 22.7 Å². The third-order valence-electron chi connectivity index (χ3n) is 9.72. The Morgan fingerprint density at radius 1 is 0.727 bits per heavy atom. The molecule has 0 saturated carbocycles. The molecule has 3 heterocycles. The predicted octanol–water partition coefficient (Wildman–Crippen LogP) is 13.5. The molecule has 0 saturated heterocycles. The van der Waals surface area contributed by atoms with Crippen molar-refractivity contribution in [1.29, 1.82) is 0 Å². The monoisotopic (exact) mass is 900 g/mol. The first kappa shape index (κ1) is 30.7. The molecule has 0 fully saturated rings. The summed E-state index contributed by atoms with van der Waals surface area (Å²) in [6, 6.07) is 49.1. The van der Waals surface area contributed by atoms with Crippen LogP contribution < -0.4 is 0 Å². The maximum atomic E-state index is 7.77. The summed E-state index contributed by atoms with van der Waals surface area (Å²) < 4.78 is 54.4. The molecule has 275 valence electrons. The molecule has 0 aliphatic rings. The van der Waals surface area contributed by atoms with Crippen molar-refractivity contribution in [1.82, 2.24) is 14.5 Å². The predicted molar refractivity (Wildman–Crippen MR) is 224 cm³/mol. The molecule has 55 heavy (non-hydrogen) atoms. The number of hydrogen-bond acceptors (Lipinski definition) is 3. The quantitative estimate of drug-likeness (QED) is 0.156. The van der Waals surface area contributed by atoms with Crippen molar-refractivity contribution in [3.05, 3.63) is 174 Å². The van der Waals surface area contributed by atoms with E-state index in [4.69, 9.17) is 17.6 Å². The van der Waals surface area contributed by atoms with Crippen LogP contribution in [0.1, 0.15) is 70.0 Å². The van der Waals surface area contributed by atoms with E-state index in [2.05, 4.69) is 97.9 Å². The Bertz CT molecular complexity index is 2950. The smallest absolute Gasteiger partial charge is 0.140 e. The number of furan rings is 1. The van der Waals surface area contributed by atoms with Crippen LogP contribution in [0.3, 0.4) is 0 Å². The maximum Gasteiger partial charge on any atom is 0.140 e. The Hall–Kier alpha value is -5.61.